The number of halogens is 1. The van der Waals surface area contributed by atoms with Crippen LogP contribution in [-0.4, -0.2) is 0 Å². The van der Waals surface area contributed by atoms with E-state index in [2.05, 4.69) is 60.1 Å². The van der Waals surface area contributed by atoms with Crippen molar-refractivity contribution >= 4 is 22.0 Å². The summed E-state index contributed by atoms with van der Waals surface area (Å²) >= 11 is 3.44. The monoisotopic (exact) mass is 250 g/mol. The van der Waals surface area contributed by atoms with Crippen LogP contribution in [0.4, 0.5) is 0 Å². The molecule has 1 aliphatic rings. The second-order valence-corrected chi connectivity index (χ2v) is 5.23. The minimum absolute atomic E-state index is 0.507. The molecule has 2 rings (SSSR count). The lowest BCUT2D eigenvalue weighted by atomic mass is 10.1. The summed E-state index contributed by atoms with van der Waals surface area (Å²) in [5.74, 6) is 0. The summed E-state index contributed by atoms with van der Waals surface area (Å²) in [4.78, 5) is 0. The lowest BCUT2D eigenvalue weighted by Gasteiger charge is -2.00. The van der Waals surface area contributed by atoms with Gasteiger partial charge in [-0.1, -0.05) is 53.6 Å². The van der Waals surface area contributed by atoms with E-state index in [0.29, 0.717) is 5.41 Å². The predicted molar refractivity (Wildman–Crippen MR) is 65.1 cm³/mol. The van der Waals surface area contributed by atoms with Crippen molar-refractivity contribution in [3.05, 3.63) is 39.9 Å². The molecule has 0 spiro atoms. The molecule has 1 aliphatic carbocycles. The highest BCUT2D eigenvalue weighted by molar-refractivity contribution is 9.10. The van der Waals surface area contributed by atoms with Gasteiger partial charge < -0.3 is 0 Å². The van der Waals surface area contributed by atoms with Crippen LogP contribution in [0.2, 0.25) is 0 Å². The standard InChI is InChI=1S/C13H15Br/c1-3-13(2)9-11(13)8-10-4-6-12(14)7-5-10/h4-8H,3,9H2,1-2H3/b11-8-/t13-/m0/s1. The summed E-state index contributed by atoms with van der Waals surface area (Å²) in [5.41, 5.74) is 3.43. The van der Waals surface area contributed by atoms with Crippen molar-refractivity contribution in [2.45, 2.75) is 26.7 Å². The molecule has 0 unspecified atom stereocenters. The molecule has 0 aliphatic heterocycles. The van der Waals surface area contributed by atoms with E-state index in [0.717, 1.165) is 4.47 Å². The van der Waals surface area contributed by atoms with Crippen LogP contribution in [0.1, 0.15) is 32.3 Å². The molecule has 0 saturated heterocycles. The first-order chi connectivity index (χ1) is 6.64. The highest BCUT2D eigenvalue weighted by Crippen LogP contribution is 2.54. The Balaban J connectivity index is 2.17. The van der Waals surface area contributed by atoms with Gasteiger partial charge in [-0.3, -0.25) is 0 Å². The highest BCUT2D eigenvalue weighted by Gasteiger charge is 2.41. The quantitative estimate of drug-likeness (QED) is 0.717. The van der Waals surface area contributed by atoms with Gasteiger partial charge in [0.25, 0.3) is 0 Å². The number of rotatable bonds is 2. The first-order valence-corrected chi connectivity index (χ1v) is 5.90. The Labute approximate surface area is 94.2 Å². The molecule has 0 nitrogen and oxygen atoms in total. The number of benzene rings is 1. The normalized spacial score (nSPS) is 28.1. The van der Waals surface area contributed by atoms with Gasteiger partial charge in [0.2, 0.25) is 0 Å². The summed E-state index contributed by atoms with van der Waals surface area (Å²) < 4.78 is 1.15. The van der Waals surface area contributed by atoms with Gasteiger partial charge in [0.15, 0.2) is 0 Å². The Hall–Kier alpha value is -0.560. The fraction of sp³-hybridized carbons (Fsp3) is 0.385. The molecule has 0 heterocycles. The van der Waals surface area contributed by atoms with Crippen molar-refractivity contribution in [1.82, 2.24) is 0 Å². The van der Waals surface area contributed by atoms with Crippen molar-refractivity contribution in [2.75, 3.05) is 0 Å². The largest absolute Gasteiger partial charge is 0.0645 e. The van der Waals surface area contributed by atoms with Crippen LogP contribution >= 0.6 is 15.9 Å². The summed E-state index contributed by atoms with van der Waals surface area (Å²) in [7, 11) is 0. The molecular formula is C13H15Br. The second-order valence-electron chi connectivity index (χ2n) is 4.31. The van der Waals surface area contributed by atoms with Gasteiger partial charge in [-0.25, -0.2) is 0 Å². The van der Waals surface area contributed by atoms with E-state index in [1.54, 1.807) is 5.57 Å². The Morgan fingerprint density at radius 1 is 1.36 bits per heavy atom. The molecule has 1 heteroatoms. The number of hydrogen-bond donors (Lipinski definition) is 0. The third kappa shape index (κ3) is 1.93. The van der Waals surface area contributed by atoms with Crippen LogP contribution in [0, 0.1) is 5.41 Å². The lowest BCUT2D eigenvalue weighted by molar-refractivity contribution is 0.580. The number of hydrogen-bond acceptors (Lipinski definition) is 0. The van der Waals surface area contributed by atoms with Crippen LogP contribution in [0.3, 0.4) is 0 Å². The predicted octanol–water partition coefficient (Wildman–Crippen LogP) is 4.65. The fourth-order valence-corrected chi connectivity index (χ4v) is 1.98. The molecule has 1 aromatic carbocycles. The average Bonchev–Trinajstić information content (AvgIpc) is 2.82. The molecule has 0 N–H and O–H groups in total. The molecule has 0 aromatic heterocycles. The van der Waals surface area contributed by atoms with E-state index >= 15 is 0 Å². The smallest absolute Gasteiger partial charge is 0.0175 e. The summed E-state index contributed by atoms with van der Waals surface area (Å²) in [6, 6.07) is 8.51. The summed E-state index contributed by atoms with van der Waals surface area (Å²) in [6.07, 6.45) is 4.87. The molecule has 14 heavy (non-hydrogen) atoms. The van der Waals surface area contributed by atoms with E-state index in [4.69, 9.17) is 0 Å². The zero-order chi connectivity index (χ0) is 10.2. The van der Waals surface area contributed by atoms with Gasteiger partial charge in [0, 0.05) is 4.47 Å². The third-order valence-electron chi connectivity index (χ3n) is 3.22. The maximum atomic E-state index is 3.44. The second kappa shape index (κ2) is 3.54. The zero-order valence-corrected chi connectivity index (χ0v) is 10.3. The highest BCUT2D eigenvalue weighted by atomic mass is 79.9. The maximum absolute atomic E-state index is 3.44. The van der Waals surface area contributed by atoms with Gasteiger partial charge in [-0.05, 0) is 36.0 Å². The van der Waals surface area contributed by atoms with Gasteiger partial charge in [0.1, 0.15) is 0 Å². The summed E-state index contributed by atoms with van der Waals surface area (Å²) in [5, 5.41) is 0. The first kappa shape index (κ1) is 9.97. The molecule has 1 fully saturated rings. The van der Waals surface area contributed by atoms with Crippen molar-refractivity contribution in [3.63, 3.8) is 0 Å². The van der Waals surface area contributed by atoms with Crippen LogP contribution in [-0.2, 0) is 0 Å². The van der Waals surface area contributed by atoms with Gasteiger partial charge in [-0.15, -0.1) is 0 Å². The van der Waals surface area contributed by atoms with E-state index in [-0.39, 0.29) is 0 Å². The molecule has 1 aromatic rings. The van der Waals surface area contributed by atoms with E-state index < -0.39 is 0 Å². The Morgan fingerprint density at radius 3 is 2.50 bits per heavy atom. The Kier molecular flexibility index (Phi) is 2.52. The third-order valence-corrected chi connectivity index (χ3v) is 3.75. The molecule has 0 amide bonds. The van der Waals surface area contributed by atoms with Crippen molar-refractivity contribution < 1.29 is 0 Å². The minimum Gasteiger partial charge on any atom is -0.0645 e. The topological polar surface area (TPSA) is 0 Å². The van der Waals surface area contributed by atoms with Gasteiger partial charge in [0.05, 0.1) is 0 Å². The first-order valence-electron chi connectivity index (χ1n) is 5.11. The van der Waals surface area contributed by atoms with E-state index in [9.17, 15) is 0 Å². The SMILES string of the molecule is CC[C@@]1(C)C/C1=C/c1ccc(Br)cc1. The van der Waals surface area contributed by atoms with E-state index in [1.807, 2.05) is 0 Å². The van der Waals surface area contributed by atoms with Crippen molar-refractivity contribution in [1.29, 1.82) is 0 Å². The fourth-order valence-electron chi connectivity index (χ4n) is 1.71. The van der Waals surface area contributed by atoms with Crippen LogP contribution in [0.25, 0.3) is 6.08 Å². The van der Waals surface area contributed by atoms with Crippen LogP contribution < -0.4 is 0 Å². The van der Waals surface area contributed by atoms with Crippen molar-refractivity contribution in [3.8, 4) is 0 Å². The molecule has 1 atom stereocenters. The molecule has 74 valence electrons. The van der Waals surface area contributed by atoms with Crippen molar-refractivity contribution in [2.24, 2.45) is 5.41 Å². The zero-order valence-electron chi connectivity index (χ0n) is 8.68. The Bertz CT molecular complexity index is 361. The van der Waals surface area contributed by atoms with Crippen LogP contribution in [0.5, 0.6) is 0 Å². The summed E-state index contributed by atoms with van der Waals surface area (Å²) in [6.45, 7) is 4.61. The molecular weight excluding hydrogens is 236 g/mol. The maximum Gasteiger partial charge on any atom is 0.0175 e. The number of allylic oxidation sites excluding steroid dienone is 1. The minimum atomic E-state index is 0.507. The average molecular weight is 251 g/mol. The molecule has 0 radical (unpaired) electrons. The molecule has 1 saturated carbocycles. The van der Waals surface area contributed by atoms with Crippen LogP contribution in [0.15, 0.2) is 34.3 Å². The van der Waals surface area contributed by atoms with Gasteiger partial charge >= 0.3 is 0 Å². The van der Waals surface area contributed by atoms with E-state index in [1.165, 1.54) is 18.4 Å². The molecule has 0 bridgehead atoms. The lowest BCUT2D eigenvalue weighted by Crippen LogP contribution is -1.87. The van der Waals surface area contributed by atoms with Gasteiger partial charge in [-0.2, -0.15) is 0 Å². The Morgan fingerprint density at radius 2 is 2.00 bits per heavy atom.